The number of benzene rings is 1. The third-order valence-corrected chi connectivity index (χ3v) is 2.89. The SMILES string of the molecule is CNC(=O)CCCN[C@H](C)c1ccc(C)cc1. The Kier molecular flexibility index (Phi) is 5.70. The van der Waals surface area contributed by atoms with Crippen molar-refractivity contribution >= 4 is 5.91 Å². The molecule has 0 saturated carbocycles. The van der Waals surface area contributed by atoms with E-state index in [1.165, 1.54) is 11.1 Å². The van der Waals surface area contributed by atoms with Crippen LogP contribution in [0.5, 0.6) is 0 Å². The minimum Gasteiger partial charge on any atom is -0.359 e. The third-order valence-electron chi connectivity index (χ3n) is 2.89. The van der Waals surface area contributed by atoms with Crippen LogP contribution in [-0.4, -0.2) is 19.5 Å². The number of nitrogens with one attached hydrogen (secondary N) is 2. The number of carbonyl (C=O) groups is 1. The van der Waals surface area contributed by atoms with Crippen LogP contribution in [0.15, 0.2) is 24.3 Å². The maximum atomic E-state index is 11.0. The summed E-state index contributed by atoms with van der Waals surface area (Å²) < 4.78 is 0. The van der Waals surface area contributed by atoms with Crippen molar-refractivity contribution in [2.24, 2.45) is 0 Å². The molecule has 94 valence electrons. The molecule has 1 atom stereocenters. The average Bonchev–Trinajstić information content (AvgIpc) is 2.34. The van der Waals surface area contributed by atoms with Crippen LogP contribution >= 0.6 is 0 Å². The number of aryl methyl sites for hydroxylation is 1. The van der Waals surface area contributed by atoms with E-state index < -0.39 is 0 Å². The molecular weight excluding hydrogens is 212 g/mol. The monoisotopic (exact) mass is 234 g/mol. The highest BCUT2D eigenvalue weighted by atomic mass is 16.1. The summed E-state index contributed by atoms with van der Waals surface area (Å²) >= 11 is 0. The van der Waals surface area contributed by atoms with Gasteiger partial charge in [0.1, 0.15) is 0 Å². The lowest BCUT2D eigenvalue weighted by Crippen LogP contribution is -2.23. The smallest absolute Gasteiger partial charge is 0.219 e. The maximum absolute atomic E-state index is 11.0. The first-order chi connectivity index (χ1) is 8.13. The molecule has 0 aliphatic carbocycles. The highest BCUT2D eigenvalue weighted by Crippen LogP contribution is 2.12. The fourth-order valence-corrected chi connectivity index (χ4v) is 1.67. The molecule has 0 aliphatic rings. The third kappa shape index (κ3) is 5.00. The molecule has 3 nitrogen and oxygen atoms in total. The molecule has 3 heteroatoms. The first-order valence-corrected chi connectivity index (χ1v) is 6.14. The molecule has 0 aromatic heterocycles. The van der Waals surface area contributed by atoms with Gasteiger partial charge in [0.2, 0.25) is 5.91 Å². The molecule has 1 amide bonds. The highest BCUT2D eigenvalue weighted by Gasteiger charge is 2.04. The van der Waals surface area contributed by atoms with Crippen LogP contribution in [0.3, 0.4) is 0 Å². The van der Waals surface area contributed by atoms with Gasteiger partial charge in [0.15, 0.2) is 0 Å². The molecule has 2 N–H and O–H groups in total. The Morgan fingerprint density at radius 3 is 2.53 bits per heavy atom. The van der Waals surface area contributed by atoms with Gasteiger partial charge in [0, 0.05) is 19.5 Å². The molecule has 0 aliphatic heterocycles. The summed E-state index contributed by atoms with van der Waals surface area (Å²) in [6, 6.07) is 8.87. The molecule has 0 saturated heterocycles. The van der Waals surface area contributed by atoms with E-state index in [-0.39, 0.29) is 5.91 Å². The van der Waals surface area contributed by atoms with Crippen LogP contribution in [0.2, 0.25) is 0 Å². The Balaban J connectivity index is 2.27. The Bertz CT molecular complexity index is 346. The van der Waals surface area contributed by atoms with Crippen molar-refractivity contribution in [3.05, 3.63) is 35.4 Å². The van der Waals surface area contributed by atoms with Gasteiger partial charge >= 0.3 is 0 Å². The quantitative estimate of drug-likeness (QED) is 0.741. The molecular formula is C14H22N2O. The zero-order valence-electron chi connectivity index (χ0n) is 10.9. The van der Waals surface area contributed by atoms with E-state index in [1.807, 2.05) is 0 Å². The van der Waals surface area contributed by atoms with Gasteiger partial charge in [-0.2, -0.15) is 0 Å². The van der Waals surface area contributed by atoms with Crippen LogP contribution < -0.4 is 10.6 Å². The largest absolute Gasteiger partial charge is 0.359 e. The summed E-state index contributed by atoms with van der Waals surface area (Å²) in [5.41, 5.74) is 2.57. The lowest BCUT2D eigenvalue weighted by Gasteiger charge is -2.14. The summed E-state index contributed by atoms with van der Waals surface area (Å²) in [5.74, 6) is 0.106. The average molecular weight is 234 g/mol. The van der Waals surface area contributed by atoms with Crippen molar-refractivity contribution in [2.45, 2.75) is 32.7 Å². The first-order valence-electron chi connectivity index (χ1n) is 6.14. The number of carbonyl (C=O) groups excluding carboxylic acids is 1. The van der Waals surface area contributed by atoms with Gasteiger partial charge in [-0.25, -0.2) is 0 Å². The number of amides is 1. The molecule has 17 heavy (non-hydrogen) atoms. The summed E-state index contributed by atoms with van der Waals surface area (Å²) in [4.78, 5) is 11.0. The summed E-state index contributed by atoms with van der Waals surface area (Å²) in [6.07, 6.45) is 1.46. The molecule has 0 radical (unpaired) electrons. The van der Waals surface area contributed by atoms with Crippen molar-refractivity contribution < 1.29 is 4.79 Å². The number of rotatable bonds is 6. The molecule has 1 aromatic rings. The van der Waals surface area contributed by atoms with Crippen molar-refractivity contribution in [1.82, 2.24) is 10.6 Å². The van der Waals surface area contributed by atoms with Crippen LogP contribution in [0.4, 0.5) is 0 Å². The minimum atomic E-state index is 0.106. The van der Waals surface area contributed by atoms with E-state index >= 15 is 0 Å². The van der Waals surface area contributed by atoms with Gasteiger partial charge in [-0.05, 0) is 32.4 Å². The second-order valence-corrected chi connectivity index (χ2v) is 4.36. The Hall–Kier alpha value is -1.35. The van der Waals surface area contributed by atoms with E-state index in [0.717, 1.165) is 13.0 Å². The predicted octanol–water partition coefficient (Wildman–Crippen LogP) is 2.17. The van der Waals surface area contributed by atoms with Crippen LogP contribution in [0.25, 0.3) is 0 Å². The van der Waals surface area contributed by atoms with E-state index in [0.29, 0.717) is 12.5 Å². The molecule has 0 unspecified atom stereocenters. The van der Waals surface area contributed by atoms with Gasteiger partial charge in [0.25, 0.3) is 0 Å². The number of hydrogen-bond donors (Lipinski definition) is 2. The minimum absolute atomic E-state index is 0.106. The highest BCUT2D eigenvalue weighted by molar-refractivity contribution is 5.75. The van der Waals surface area contributed by atoms with Gasteiger partial charge in [-0.1, -0.05) is 29.8 Å². The normalized spacial score (nSPS) is 12.2. The molecule has 0 fully saturated rings. The van der Waals surface area contributed by atoms with Crippen LogP contribution in [0, 0.1) is 6.92 Å². The van der Waals surface area contributed by atoms with Crippen molar-refractivity contribution in [1.29, 1.82) is 0 Å². The van der Waals surface area contributed by atoms with Crippen LogP contribution in [0.1, 0.15) is 36.9 Å². The number of hydrogen-bond acceptors (Lipinski definition) is 2. The molecule has 1 rings (SSSR count). The fraction of sp³-hybridized carbons (Fsp3) is 0.500. The Morgan fingerprint density at radius 1 is 1.29 bits per heavy atom. The Labute approximate surface area is 104 Å². The van der Waals surface area contributed by atoms with Crippen LogP contribution in [-0.2, 0) is 4.79 Å². The summed E-state index contributed by atoms with van der Waals surface area (Å²) in [6.45, 7) is 5.10. The van der Waals surface area contributed by atoms with Crippen molar-refractivity contribution in [3.63, 3.8) is 0 Å². The standard InChI is InChI=1S/C14H22N2O/c1-11-6-8-13(9-7-11)12(2)16-10-4-5-14(17)15-3/h6-9,12,16H,4-5,10H2,1-3H3,(H,15,17)/t12-/m1/s1. The zero-order chi connectivity index (χ0) is 12.7. The molecule has 0 spiro atoms. The molecule has 1 aromatic carbocycles. The predicted molar refractivity (Wildman–Crippen MR) is 70.9 cm³/mol. The molecule has 0 bridgehead atoms. The van der Waals surface area contributed by atoms with Gasteiger partial charge in [-0.15, -0.1) is 0 Å². The van der Waals surface area contributed by atoms with Gasteiger partial charge in [-0.3, -0.25) is 4.79 Å². The zero-order valence-corrected chi connectivity index (χ0v) is 10.9. The van der Waals surface area contributed by atoms with E-state index in [1.54, 1.807) is 7.05 Å². The molecule has 0 heterocycles. The topological polar surface area (TPSA) is 41.1 Å². The summed E-state index contributed by atoms with van der Waals surface area (Å²) in [7, 11) is 1.67. The van der Waals surface area contributed by atoms with Crippen molar-refractivity contribution in [3.8, 4) is 0 Å². The van der Waals surface area contributed by atoms with Crippen molar-refractivity contribution in [2.75, 3.05) is 13.6 Å². The first kappa shape index (κ1) is 13.7. The second kappa shape index (κ2) is 7.07. The maximum Gasteiger partial charge on any atom is 0.219 e. The van der Waals surface area contributed by atoms with E-state index in [9.17, 15) is 4.79 Å². The van der Waals surface area contributed by atoms with Gasteiger partial charge in [0.05, 0.1) is 0 Å². The van der Waals surface area contributed by atoms with E-state index in [2.05, 4.69) is 48.7 Å². The lowest BCUT2D eigenvalue weighted by molar-refractivity contribution is -0.120. The fourth-order valence-electron chi connectivity index (χ4n) is 1.67. The van der Waals surface area contributed by atoms with Gasteiger partial charge < -0.3 is 10.6 Å². The summed E-state index contributed by atoms with van der Waals surface area (Å²) in [5, 5.41) is 6.04. The van der Waals surface area contributed by atoms with E-state index in [4.69, 9.17) is 0 Å². The lowest BCUT2D eigenvalue weighted by atomic mass is 10.1. The Morgan fingerprint density at radius 2 is 1.94 bits per heavy atom. The second-order valence-electron chi connectivity index (χ2n) is 4.36.